The molecule has 2 aromatic rings. The van der Waals surface area contributed by atoms with Gasteiger partial charge in [0.15, 0.2) is 0 Å². The van der Waals surface area contributed by atoms with Gasteiger partial charge in [-0.05, 0) is 25.0 Å². The second-order valence-electron chi connectivity index (χ2n) is 6.98. The molecule has 0 fully saturated rings. The van der Waals surface area contributed by atoms with Crippen molar-refractivity contribution in [3.05, 3.63) is 51.7 Å². The molecule has 0 aliphatic rings. The summed E-state index contributed by atoms with van der Waals surface area (Å²) in [7, 11) is 0. The number of nitrogens with two attached hydrogens (primary N) is 1. The van der Waals surface area contributed by atoms with Crippen LogP contribution < -0.4 is 5.73 Å². The van der Waals surface area contributed by atoms with Crippen molar-refractivity contribution in [1.82, 2.24) is 4.98 Å². The first-order chi connectivity index (χ1) is 9.67. The molecule has 0 aliphatic heterocycles. The van der Waals surface area contributed by atoms with Crippen LogP contribution in [0.5, 0.6) is 0 Å². The standard InChI is InChI=1S/C17H23FN2S/c1-16(2,3)14-11-21-15(20-14)10-17(4,19)9-12-7-5-6-8-13(12)18/h5-8,11H,9-10,19H2,1-4H3. The first-order valence-corrected chi connectivity index (χ1v) is 8.02. The van der Waals surface area contributed by atoms with Crippen molar-refractivity contribution in [2.45, 2.75) is 51.5 Å². The summed E-state index contributed by atoms with van der Waals surface area (Å²) in [6, 6.07) is 6.81. The monoisotopic (exact) mass is 306 g/mol. The van der Waals surface area contributed by atoms with Crippen LogP contribution in [0.25, 0.3) is 0 Å². The number of hydrogen-bond donors (Lipinski definition) is 1. The minimum atomic E-state index is -0.505. The number of thiazole rings is 1. The number of benzene rings is 1. The van der Waals surface area contributed by atoms with Gasteiger partial charge in [0.05, 0.1) is 10.7 Å². The molecular weight excluding hydrogens is 283 g/mol. The van der Waals surface area contributed by atoms with Crippen LogP contribution in [0.2, 0.25) is 0 Å². The Bertz CT molecular complexity index is 611. The number of nitrogens with zero attached hydrogens (tertiary/aromatic N) is 1. The van der Waals surface area contributed by atoms with Gasteiger partial charge >= 0.3 is 0 Å². The summed E-state index contributed by atoms with van der Waals surface area (Å²) in [6.07, 6.45) is 1.16. The van der Waals surface area contributed by atoms with Crippen LogP contribution >= 0.6 is 11.3 Å². The van der Waals surface area contributed by atoms with Crippen molar-refractivity contribution >= 4 is 11.3 Å². The van der Waals surface area contributed by atoms with E-state index in [2.05, 4.69) is 31.1 Å². The fourth-order valence-electron chi connectivity index (χ4n) is 2.22. The Hall–Kier alpha value is -1.26. The van der Waals surface area contributed by atoms with E-state index in [1.807, 2.05) is 13.0 Å². The lowest BCUT2D eigenvalue weighted by atomic mass is 9.90. The maximum absolute atomic E-state index is 13.8. The normalized spacial score (nSPS) is 15.0. The molecule has 1 aromatic heterocycles. The molecule has 1 atom stereocenters. The average molecular weight is 306 g/mol. The van der Waals surface area contributed by atoms with Crippen LogP contribution in [0, 0.1) is 5.82 Å². The Balaban J connectivity index is 2.11. The molecule has 2 nitrogen and oxygen atoms in total. The van der Waals surface area contributed by atoms with E-state index in [1.165, 1.54) is 6.07 Å². The molecule has 0 radical (unpaired) electrons. The van der Waals surface area contributed by atoms with Gasteiger partial charge in [-0.3, -0.25) is 0 Å². The van der Waals surface area contributed by atoms with Crippen LogP contribution in [0.1, 0.15) is 44.0 Å². The Kier molecular flexibility index (Phi) is 4.49. The molecule has 2 N–H and O–H groups in total. The topological polar surface area (TPSA) is 38.9 Å². The van der Waals surface area contributed by atoms with E-state index in [0.717, 1.165) is 10.7 Å². The fourth-order valence-corrected chi connectivity index (χ4v) is 3.44. The molecule has 1 heterocycles. The molecule has 114 valence electrons. The summed E-state index contributed by atoms with van der Waals surface area (Å²) in [5.74, 6) is -0.191. The minimum Gasteiger partial charge on any atom is -0.325 e. The summed E-state index contributed by atoms with van der Waals surface area (Å²) < 4.78 is 13.8. The van der Waals surface area contributed by atoms with Gasteiger partial charge < -0.3 is 5.73 Å². The number of aromatic nitrogens is 1. The highest BCUT2D eigenvalue weighted by atomic mass is 32.1. The minimum absolute atomic E-state index is 0.0469. The van der Waals surface area contributed by atoms with Crippen LogP contribution in [0.15, 0.2) is 29.6 Å². The molecule has 1 aromatic carbocycles. The van der Waals surface area contributed by atoms with Crippen molar-refractivity contribution in [3.8, 4) is 0 Å². The number of rotatable bonds is 4. The fraction of sp³-hybridized carbons (Fsp3) is 0.471. The maximum atomic E-state index is 13.8. The lowest BCUT2D eigenvalue weighted by Gasteiger charge is -2.24. The van der Waals surface area contributed by atoms with Gasteiger partial charge in [-0.1, -0.05) is 39.0 Å². The Morgan fingerprint density at radius 3 is 2.38 bits per heavy atom. The van der Waals surface area contributed by atoms with Crippen LogP contribution in [0.4, 0.5) is 4.39 Å². The highest BCUT2D eigenvalue weighted by Gasteiger charge is 2.24. The van der Waals surface area contributed by atoms with E-state index >= 15 is 0 Å². The summed E-state index contributed by atoms with van der Waals surface area (Å²) in [6.45, 7) is 8.39. The van der Waals surface area contributed by atoms with Gasteiger partial charge in [-0.25, -0.2) is 9.37 Å². The second kappa shape index (κ2) is 5.85. The predicted molar refractivity (Wildman–Crippen MR) is 87.2 cm³/mol. The molecule has 0 bridgehead atoms. The van der Waals surface area contributed by atoms with Crippen molar-refractivity contribution in [1.29, 1.82) is 0 Å². The van der Waals surface area contributed by atoms with Gasteiger partial charge in [-0.15, -0.1) is 11.3 Å². The van der Waals surface area contributed by atoms with E-state index in [1.54, 1.807) is 23.5 Å². The van der Waals surface area contributed by atoms with Gasteiger partial charge in [0.1, 0.15) is 5.82 Å². The zero-order chi connectivity index (χ0) is 15.7. The first kappa shape index (κ1) is 16.1. The van der Waals surface area contributed by atoms with Crippen LogP contribution in [-0.4, -0.2) is 10.5 Å². The summed E-state index contributed by atoms with van der Waals surface area (Å²) >= 11 is 1.63. The average Bonchev–Trinajstić information content (AvgIpc) is 2.79. The SMILES string of the molecule is CC(N)(Cc1nc(C(C)(C)C)cs1)Cc1ccccc1F. The molecule has 0 amide bonds. The lowest BCUT2D eigenvalue weighted by Crippen LogP contribution is -2.41. The van der Waals surface area contributed by atoms with Gasteiger partial charge in [0.2, 0.25) is 0 Å². The highest BCUT2D eigenvalue weighted by Crippen LogP contribution is 2.26. The van der Waals surface area contributed by atoms with E-state index in [0.29, 0.717) is 18.4 Å². The Morgan fingerprint density at radius 1 is 1.14 bits per heavy atom. The molecule has 21 heavy (non-hydrogen) atoms. The summed E-state index contributed by atoms with van der Waals surface area (Å²) in [5.41, 5.74) is 7.66. The Morgan fingerprint density at radius 2 is 1.81 bits per heavy atom. The molecule has 1 unspecified atom stereocenters. The largest absolute Gasteiger partial charge is 0.325 e. The highest BCUT2D eigenvalue weighted by molar-refractivity contribution is 7.09. The van der Waals surface area contributed by atoms with Crippen molar-refractivity contribution in [2.24, 2.45) is 5.73 Å². The lowest BCUT2D eigenvalue weighted by molar-refractivity contribution is 0.448. The third-order valence-electron chi connectivity index (χ3n) is 3.43. The maximum Gasteiger partial charge on any atom is 0.126 e. The smallest absolute Gasteiger partial charge is 0.126 e. The quantitative estimate of drug-likeness (QED) is 0.924. The second-order valence-corrected chi connectivity index (χ2v) is 7.92. The van der Waals surface area contributed by atoms with Gasteiger partial charge in [-0.2, -0.15) is 0 Å². The number of hydrogen-bond acceptors (Lipinski definition) is 3. The third-order valence-corrected chi connectivity index (χ3v) is 4.28. The zero-order valence-corrected chi connectivity index (χ0v) is 13.9. The van der Waals surface area contributed by atoms with Crippen molar-refractivity contribution < 1.29 is 4.39 Å². The van der Waals surface area contributed by atoms with Crippen molar-refractivity contribution in [2.75, 3.05) is 0 Å². The number of halogens is 1. The van der Waals surface area contributed by atoms with Gasteiger partial charge in [0, 0.05) is 22.8 Å². The third kappa shape index (κ3) is 4.35. The molecule has 0 saturated heterocycles. The first-order valence-electron chi connectivity index (χ1n) is 7.14. The van der Waals surface area contributed by atoms with Gasteiger partial charge in [0.25, 0.3) is 0 Å². The molecule has 4 heteroatoms. The zero-order valence-electron chi connectivity index (χ0n) is 13.1. The van der Waals surface area contributed by atoms with E-state index in [4.69, 9.17) is 5.73 Å². The van der Waals surface area contributed by atoms with Crippen LogP contribution in [-0.2, 0) is 18.3 Å². The van der Waals surface area contributed by atoms with Crippen molar-refractivity contribution in [3.63, 3.8) is 0 Å². The molecular formula is C17H23FN2S. The van der Waals surface area contributed by atoms with E-state index < -0.39 is 5.54 Å². The molecule has 0 aliphatic carbocycles. The molecule has 0 saturated carbocycles. The van der Waals surface area contributed by atoms with E-state index in [-0.39, 0.29) is 11.2 Å². The van der Waals surface area contributed by atoms with E-state index in [9.17, 15) is 4.39 Å². The molecule has 0 spiro atoms. The molecule has 2 rings (SSSR count). The predicted octanol–water partition coefficient (Wildman–Crippen LogP) is 4.08. The summed E-state index contributed by atoms with van der Waals surface area (Å²) in [5, 5.41) is 3.11. The summed E-state index contributed by atoms with van der Waals surface area (Å²) in [4.78, 5) is 4.68. The van der Waals surface area contributed by atoms with Crippen LogP contribution in [0.3, 0.4) is 0 Å². The Labute approximate surface area is 130 Å².